The zero-order valence-electron chi connectivity index (χ0n) is 16.6. The summed E-state index contributed by atoms with van der Waals surface area (Å²) in [6.45, 7) is 5.13. The van der Waals surface area contributed by atoms with Crippen LogP contribution in [0.15, 0.2) is 54.0 Å². The van der Waals surface area contributed by atoms with Gasteiger partial charge in [0.15, 0.2) is 0 Å². The van der Waals surface area contributed by atoms with Crippen molar-refractivity contribution in [3.8, 4) is 0 Å². The van der Waals surface area contributed by atoms with Crippen LogP contribution in [-0.4, -0.2) is 33.8 Å². The number of aromatic nitrogens is 1. The van der Waals surface area contributed by atoms with Crippen molar-refractivity contribution in [2.24, 2.45) is 0 Å². The number of anilines is 1. The summed E-state index contributed by atoms with van der Waals surface area (Å²) >= 11 is 1.34. The van der Waals surface area contributed by atoms with Crippen molar-refractivity contribution in [1.29, 1.82) is 0 Å². The Morgan fingerprint density at radius 3 is 2.48 bits per heavy atom. The summed E-state index contributed by atoms with van der Waals surface area (Å²) < 4.78 is 5.01. The Balaban J connectivity index is 0.000000230. The molecule has 7 nitrogen and oxygen atoms in total. The number of hydrogen-bond donors (Lipinski definition) is 3. The first-order valence-electron chi connectivity index (χ1n) is 8.99. The lowest BCUT2D eigenvalue weighted by Gasteiger charge is -2.21. The summed E-state index contributed by atoms with van der Waals surface area (Å²) in [6.07, 6.45) is 0.991. The first-order chi connectivity index (χ1) is 13.6. The van der Waals surface area contributed by atoms with Crippen molar-refractivity contribution in [3.63, 3.8) is 0 Å². The maximum Gasteiger partial charge on any atom is 0.408 e. The molecule has 0 fully saturated rings. The highest BCUT2D eigenvalue weighted by Crippen LogP contribution is 2.16. The first kappa shape index (κ1) is 22.2. The second-order valence-electron chi connectivity index (χ2n) is 7.27. The minimum Gasteiger partial charge on any atom is -0.480 e. The number of nitrogen functional groups attached to an aromatic ring is 1. The largest absolute Gasteiger partial charge is 0.480 e. The van der Waals surface area contributed by atoms with Gasteiger partial charge in [0.2, 0.25) is 0 Å². The minimum absolute atomic E-state index is 0.145. The topological polar surface area (TPSA) is 115 Å². The van der Waals surface area contributed by atoms with E-state index in [1.54, 1.807) is 32.3 Å². The first-order valence-corrected chi connectivity index (χ1v) is 9.87. The molecule has 1 aromatic heterocycles. The van der Waals surface area contributed by atoms with Gasteiger partial charge in [-0.25, -0.2) is 14.6 Å². The summed E-state index contributed by atoms with van der Waals surface area (Å²) in [4.78, 5) is 26.5. The zero-order valence-corrected chi connectivity index (χ0v) is 17.4. The van der Waals surface area contributed by atoms with Gasteiger partial charge < -0.3 is 20.9 Å². The molecule has 3 aromatic rings. The fourth-order valence-corrected chi connectivity index (χ4v) is 3.05. The standard InChI is InChI=1S/C11H16N2O4S.C10H9N/c1-11(2,3)17-10(16)13-7(9(14)15)6-8-12-4-5-18-8;11-10-6-5-8-3-1-2-4-9(8)7-10/h4-5,7H,6H2,1-3H3,(H,13,16)(H,14,15);1-7H,11H2/t7-;/m0./s1. The molecule has 2 aromatic carbocycles. The molecule has 29 heavy (non-hydrogen) atoms. The molecule has 0 spiro atoms. The fraction of sp³-hybridized carbons (Fsp3) is 0.286. The highest BCUT2D eigenvalue weighted by atomic mass is 32.1. The van der Waals surface area contributed by atoms with Crippen LogP contribution < -0.4 is 11.1 Å². The van der Waals surface area contributed by atoms with Gasteiger partial charge in [0.1, 0.15) is 11.6 Å². The van der Waals surface area contributed by atoms with Crippen molar-refractivity contribution in [2.75, 3.05) is 5.73 Å². The Morgan fingerprint density at radius 2 is 1.90 bits per heavy atom. The van der Waals surface area contributed by atoms with Crippen molar-refractivity contribution >= 4 is 39.9 Å². The van der Waals surface area contributed by atoms with E-state index in [2.05, 4.69) is 22.4 Å². The fourth-order valence-electron chi connectivity index (χ4n) is 2.39. The normalized spacial score (nSPS) is 11.8. The van der Waals surface area contributed by atoms with Gasteiger partial charge in [-0.05, 0) is 43.7 Å². The number of carboxylic acids is 1. The van der Waals surface area contributed by atoms with Gasteiger partial charge in [0, 0.05) is 23.7 Å². The third-order valence-electron chi connectivity index (χ3n) is 3.62. The Hall–Kier alpha value is -3.13. The Bertz CT molecular complexity index is 952. The predicted molar refractivity (Wildman–Crippen MR) is 115 cm³/mol. The SMILES string of the molecule is CC(C)(C)OC(=O)N[C@@H](Cc1nccs1)C(=O)O.Nc1ccc2ccccc2c1. The molecule has 0 saturated carbocycles. The minimum atomic E-state index is -1.11. The summed E-state index contributed by atoms with van der Waals surface area (Å²) in [5.74, 6) is -1.11. The van der Waals surface area contributed by atoms with Crippen molar-refractivity contribution in [3.05, 3.63) is 59.0 Å². The molecule has 0 aliphatic heterocycles. The molecule has 0 radical (unpaired) electrons. The number of amides is 1. The number of nitrogens with one attached hydrogen (secondary N) is 1. The van der Waals surface area contributed by atoms with E-state index in [-0.39, 0.29) is 6.42 Å². The molecule has 8 heteroatoms. The van der Waals surface area contributed by atoms with Crippen LogP contribution in [0, 0.1) is 0 Å². The van der Waals surface area contributed by atoms with E-state index in [1.165, 1.54) is 22.1 Å². The number of carboxylic acid groups (broad SMARTS) is 1. The number of nitrogens with zero attached hydrogens (tertiary/aromatic N) is 1. The van der Waals surface area contributed by atoms with Crippen LogP contribution in [0.25, 0.3) is 10.8 Å². The van der Waals surface area contributed by atoms with E-state index in [0.717, 1.165) is 5.69 Å². The monoisotopic (exact) mass is 415 g/mol. The van der Waals surface area contributed by atoms with E-state index in [1.807, 2.05) is 30.3 Å². The molecule has 1 atom stereocenters. The van der Waals surface area contributed by atoms with E-state index in [0.29, 0.717) is 5.01 Å². The lowest BCUT2D eigenvalue weighted by Crippen LogP contribution is -2.44. The number of thiazole rings is 1. The van der Waals surface area contributed by atoms with Crippen molar-refractivity contribution < 1.29 is 19.4 Å². The highest BCUT2D eigenvalue weighted by molar-refractivity contribution is 7.09. The number of aliphatic carboxylic acids is 1. The number of alkyl carbamates (subject to hydrolysis) is 1. The molecule has 154 valence electrons. The van der Waals surface area contributed by atoms with E-state index >= 15 is 0 Å². The van der Waals surface area contributed by atoms with Crippen LogP contribution in [0.2, 0.25) is 0 Å². The van der Waals surface area contributed by atoms with Crippen LogP contribution >= 0.6 is 11.3 Å². The van der Waals surface area contributed by atoms with E-state index < -0.39 is 23.7 Å². The highest BCUT2D eigenvalue weighted by Gasteiger charge is 2.24. The molecule has 0 unspecified atom stereocenters. The lowest BCUT2D eigenvalue weighted by atomic mass is 10.1. The zero-order chi connectivity index (χ0) is 21.4. The van der Waals surface area contributed by atoms with E-state index in [4.69, 9.17) is 15.6 Å². The molecule has 0 saturated heterocycles. The Kier molecular flexibility index (Phi) is 7.55. The summed E-state index contributed by atoms with van der Waals surface area (Å²) in [5, 5.41) is 16.2. The Labute approximate surface area is 173 Å². The molecular formula is C21H25N3O4S. The molecule has 0 aliphatic carbocycles. The quantitative estimate of drug-likeness (QED) is 0.553. The van der Waals surface area contributed by atoms with Gasteiger partial charge in [-0.15, -0.1) is 11.3 Å². The number of carbonyl (C=O) groups is 2. The van der Waals surface area contributed by atoms with Gasteiger partial charge in [0.25, 0.3) is 0 Å². The average molecular weight is 416 g/mol. The predicted octanol–water partition coefficient (Wildman–Crippen LogP) is 4.09. The van der Waals surface area contributed by atoms with Crippen LogP contribution in [0.1, 0.15) is 25.8 Å². The van der Waals surface area contributed by atoms with Gasteiger partial charge in [-0.3, -0.25) is 0 Å². The number of hydrogen-bond acceptors (Lipinski definition) is 6. The van der Waals surface area contributed by atoms with Crippen LogP contribution in [-0.2, 0) is 16.0 Å². The smallest absolute Gasteiger partial charge is 0.408 e. The third kappa shape index (κ3) is 7.79. The molecule has 1 amide bonds. The number of rotatable bonds is 4. The Morgan fingerprint density at radius 1 is 1.21 bits per heavy atom. The van der Waals surface area contributed by atoms with Crippen LogP contribution in [0.4, 0.5) is 10.5 Å². The summed E-state index contributed by atoms with van der Waals surface area (Å²) in [7, 11) is 0. The summed E-state index contributed by atoms with van der Waals surface area (Å²) in [6, 6.07) is 13.1. The second kappa shape index (κ2) is 9.88. The molecule has 0 aliphatic rings. The van der Waals surface area contributed by atoms with Crippen molar-refractivity contribution in [1.82, 2.24) is 10.3 Å². The molecular weight excluding hydrogens is 390 g/mol. The van der Waals surface area contributed by atoms with Gasteiger partial charge in [0.05, 0.1) is 5.01 Å². The summed E-state index contributed by atoms with van der Waals surface area (Å²) in [5.41, 5.74) is 5.79. The van der Waals surface area contributed by atoms with Crippen LogP contribution in [0.5, 0.6) is 0 Å². The van der Waals surface area contributed by atoms with Gasteiger partial charge in [-0.2, -0.15) is 0 Å². The van der Waals surface area contributed by atoms with Crippen molar-refractivity contribution in [2.45, 2.75) is 38.8 Å². The molecule has 4 N–H and O–H groups in total. The number of nitrogens with two attached hydrogens (primary N) is 1. The number of carbonyl (C=O) groups excluding carboxylic acids is 1. The second-order valence-corrected chi connectivity index (χ2v) is 8.25. The average Bonchev–Trinajstić information content (AvgIpc) is 3.13. The number of ether oxygens (including phenoxy) is 1. The number of benzene rings is 2. The van der Waals surface area contributed by atoms with Gasteiger partial charge in [-0.1, -0.05) is 30.3 Å². The molecule has 0 bridgehead atoms. The molecule has 3 rings (SSSR count). The number of fused-ring (bicyclic) bond motifs is 1. The maximum atomic E-state index is 11.5. The lowest BCUT2D eigenvalue weighted by molar-refractivity contribution is -0.139. The third-order valence-corrected chi connectivity index (χ3v) is 4.43. The van der Waals surface area contributed by atoms with Gasteiger partial charge >= 0.3 is 12.1 Å². The maximum absolute atomic E-state index is 11.5. The van der Waals surface area contributed by atoms with E-state index in [9.17, 15) is 9.59 Å². The van der Waals surface area contributed by atoms with Crippen LogP contribution in [0.3, 0.4) is 0 Å². The molecule has 1 heterocycles.